The second kappa shape index (κ2) is 6.31. The van der Waals surface area contributed by atoms with Gasteiger partial charge in [-0.25, -0.2) is 4.98 Å². The Morgan fingerprint density at radius 2 is 2.04 bits per heavy atom. The van der Waals surface area contributed by atoms with Gasteiger partial charge in [-0.3, -0.25) is 19.9 Å². The number of H-pyrrole nitrogens is 1. The maximum Gasteiger partial charge on any atom is 0.232 e. The Hall–Kier alpha value is -2.70. The molecule has 0 spiro atoms. The Morgan fingerprint density at radius 1 is 1.28 bits per heavy atom. The number of anilines is 1. The fourth-order valence-electron chi connectivity index (χ4n) is 3.61. The Morgan fingerprint density at radius 3 is 2.68 bits per heavy atom. The zero-order chi connectivity index (χ0) is 17.4. The molecule has 7 nitrogen and oxygen atoms in total. The van der Waals surface area contributed by atoms with E-state index in [4.69, 9.17) is 0 Å². The number of nitrogens with one attached hydrogen (secondary N) is 2. The highest BCUT2D eigenvalue weighted by atomic mass is 16.2. The van der Waals surface area contributed by atoms with Gasteiger partial charge in [-0.05, 0) is 43.9 Å². The zero-order valence-electron chi connectivity index (χ0n) is 14.1. The van der Waals surface area contributed by atoms with Crippen molar-refractivity contribution in [1.82, 2.24) is 19.9 Å². The van der Waals surface area contributed by atoms with Crippen LogP contribution in [0.5, 0.6) is 0 Å². The van der Waals surface area contributed by atoms with Crippen LogP contribution >= 0.6 is 0 Å². The van der Waals surface area contributed by atoms with Crippen molar-refractivity contribution in [3.8, 4) is 0 Å². The molecule has 2 aliphatic rings. The van der Waals surface area contributed by atoms with Crippen LogP contribution in [0.2, 0.25) is 0 Å². The van der Waals surface area contributed by atoms with Gasteiger partial charge < -0.3 is 9.88 Å². The van der Waals surface area contributed by atoms with Crippen LogP contribution in [0.4, 0.5) is 5.95 Å². The van der Waals surface area contributed by atoms with E-state index in [-0.39, 0.29) is 29.8 Å². The van der Waals surface area contributed by atoms with E-state index in [9.17, 15) is 9.59 Å². The summed E-state index contributed by atoms with van der Waals surface area (Å²) in [5.41, 5.74) is 1.85. The third-order valence-electron chi connectivity index (χ3n) is 4.91. The second-order valence-corrected chi connectivity index (χ2v) is 6.81. The van der Waals surface area contributed by atoms with Crippen LogP contribution < -0.4 is 5.32 Å². The fourth-order valence-corrected chi connectivity index (χ4v) is 3.61. The predicted octanol–water partition coefficient (Wildman–Crippen LogP) is 2.19. The van der Waals surface area contributed by atoms with E-state index in [1.54, 1.807) is 18.6 Å². The number of amides is 2. The SMILES string of the molecule is Cc1cnc(NC(=O)[C@H]2CCC(=O)N(C3CC3)[C@@H]2c2ccncc2)[nH]1. The van der Waals surface area contributed by atoms with E-state index in [0.717, 1.165) is 24.1 Å². The van der Waals surface area contributed by atoms with Crippen molar-refractivity contribution in [3.05, 3.63) is 42.0 Å². The molecule has 2 N–H and O–H groups in total. The number of nitrogens with zero attached hydrogens (tertiary/aromatic N) is 3. The molecule has 3 heterocycles. The molecule has 2 atom stereocenters. The van der Waals surface area contributed by atoms with Crippen molar-refractivity contribution in [2.75, 3.05) is 5.32 Å². The number of aromatic amines is 1. The number of rotatable bonds is 4. The van der Waals surface area contributed by atoms with E-state index in [1.807, 2.05) is 24.0 Å². The van der Waals surface area contributed by atoms with Gasteiger partial charge in [0.1, 0.15) is 0 Å². The molecule has 2 fully saturated rings. The lowest BCUT2D eigenvalue weighted by Gasteiger charge is -2.41. The predicted molar refractivity (Wildman–Crippen MR) is 91.5 cm³/mol. The smallest absolute Gasteiger partial charge is 0.232 e. The van der Waals surface area contributed by atoms with Crippen molar-refractivity contribution >= 4 is 17.8 Å². The zero-order valence-corrected chi connectivity index (χ0v) is 14.1. The Kier molecular flexibility index (Phi) is 3.99. The van der Waals surface area contributed by atoms with Gasteiger partial charge in [0.05, 0.1) is 12.0 Å². The summed E-state index contributed by atoms with van der Waals surface area (Å²) in [6.45, 7) is 1.89. The number of carbonyl (C=O) groups excluding carboxylic acids is 2. The summed E-state index contributed by atoms with van der Waals surface area (Å²) >= 11 is 0. The lowest BCUT2D eigenvalue weighted by atomic mass is 9.83. The number of hydrogen-bond donors (Lipinski definition) is 2. The largest absolute Gasteiger partial charge is 0.332 e. The third kappa shape index (κ3) is 3.14. The van der Waals surface area contributed by atoms with E-state index < -0.39 is 0 Å². The first-order valence-corrected chi connectivity index (χ1v) is 8.67. The number of hydrogen-bond acceptors (Lipinski definition) is 4. The molecule has 130 valence electrons. The fraction of sp³-hybridized carbons (Fsp3) is 0.444. The van der Waals surface area contributed by atoms with Crippen LogP contribution in [0, 0.1) is 12.8 Å². The lowest BCUT2D eigenvalue weighted by molar-refractivity contribution is -0.142. The van der Waals surface area contributed by atoms with Crippen LogP contribution in [0.25, 0.3) is 0 Å². The Balaban J connectivity index is 1.64. The molecule has 1 saturated heterocycles. The van der Waals surface area contributed by atoms with E-state index >= 15 is 0 Å². The van der Waals surface area contributed by atoms with E-state index in [0.29, 0.717) is 18.8 Å². The van der Waals surface area contributed by atoms with Gasteiger partial charge in [0.25, 0.3) is 0 Å². The van der Waals surface area contributed by atoms with Crippen LogP contribution in [0.15, 0.2) is 30.7 Å². The summed E-state index contributed by atoms with van der Waals surface area (Å²) in [5, 5.41) is 2.87. The number of imidazole rings is 1. The number of carbonyl (C=O) groups is 2. The lowest BCUT2D eigenvalue weighted by Crippen LogP contribution is -2.47. The van der Waals surface area contributed by atoms with Crippen LogP contribution in [0.1, 0.15) is 43.0 Å². The highest BCUT2D eigenvalue weighted by Gasteiger charge is 2.46. The first-order chi connectivity index (χ1) is 12.1. The number of piperidine rings is 1. The van der Waals surface area contributed by atoms with Gasteiger partial charge in [-0.2, -0.15) is 0 Å². The van der Waals surface area contributed by atoms with Gasteiger partial charge in [-0.15, -0.1) is 0 Å². The molecule has 1 aliphatic heterocycles. The van der Waals surface area contributed by atoms with Gasteiger partial charge in [0.2, 0.25) is 17.8 Å². The molecule has 0 radical (unpaired) electrons. The summed E-state index contributed by atoms with van der Waals surface area (Å²) in [6, 6.07) is 3.81. The molecule has 25 heavy (non-hydrogen) atoms. The normalized spacial score (nSPS) is 23.6. The van der Waals surface area contributed by atoms with Crippen LogP contribution in [-0.4, -0.2) is 37.7 Å². The number of pyridine rings is 1. The minimum Gasteiger partial charge on any atom is -0.332 e. The van der Waals surface area contributed by atoms with Gasteiger partial charge >= 0.3 is 0 Å². The number of aromatic nitrogens is 3. The first kappa shape index (κ1) is 15.8. The van der Waals surface area contributed by atoms with Crippen molar-refractivity contribution in [2.45, 2.75) is 44.7 Å². The summed E-state index contributed by atoms with van der Waals surface area (Å²) < 4.78 is 0. The van der Waals surface area contributed by atoms with Crippen molar-refractivity contribution < 1.29 is 9.59 Å². The standard InChI is InChI=1S/C18H21N5O2/c1-11-10-20-18(21-11)22-17(25)14-4-5-15(24)23(13-2-3-13)16(14)12-6-8-19-9-7-12/h6-10,13-14,16H,2-5H2,1H3,(H2,20,21,22,25)/t14-,16+/m0/s1. The average Bonchev–Trinajstić information content (AvgIpc) is 3.37. The molecule has 2 aromatic heterocycles. The molecule has 2 aromatic rings. The first-order valence-electron chi connectivity index (χ1n) is 8.67. The molecule has 1 saturated carbocycles. The highest BCUT2D eigenvalue weighted by Crippen LogP contribution is 2.43. The van der Waals surface area contributed by atoms with Crippen LogP contribution in [-0.2, 0) is 9.59 Å². The molecule has 0 bridgehead atoms. The van der Waals surface area contributed by atoms with E-state index in [2.05, 4.69) is 20.3 Å². The summed E-state index contributed by atoms with van der Waals surface area (Å²) in [4.78, 5) is 38.6. The molecule has 7 heteroatoms. The molecular formula is C18H21N5O2. The van der Waals surface area contributed by atoms with Crippen LogP contribution in [0.3, 0.4) is 0 Å². The van der Waals surface area contributed by atoms with Gasteiger partial charge in [0.15, 0.2) is 0 Å². The quantitative estimate of drug-likeness (QED) is 0.893. The summed E-state index contributed by atoms with van der Waals surface area (Å²) in [5.74, 6) is 0.188. The maximum absolute atomic E-state index is 12.9. The number of aryl methyl sites for hydroxylation is 1. The maximum atomic E-state index is 12.9. The van der Waals surface area contributed by atoms with Gasteiger partial charge in [-0.1, -0.05) is 0 Å². The Bertz CT molecular complexity index is 784. The summed E-state index contributed by atoms with van der Waals surface area (Å²) in [6.07, 6.45) is 8.08. The van der Waals surface area contributed by atoms with Crippen molar-refractivity contribution in [2.24, 2.45) is 5.92 Å². The molecule has 2 amide bonds. The minimum absolute atomic E-state index is 0.102. The third-order valence-corrected chi connectivity index (χ3v) is 4.91. The molecular weight excluding hydrogens is 318 g/mol. The molecule has 0 unspecified atom stereocenters. The highest BCUT2D eigenvalue weighted by molar-refractivity contribution is 5.93. The second-order valence-electron chi connectivity index (χ2n) is 6.81. The summed E-state index contributed by atoms with van der Waals surface area (Å²) in [7, 11) is 0. The minimum atomic E-state index is -0.300. The van der Waals surface area contributed by atoms with Gasteiger partial charge in [0, 0.05) is 36.7 Å². The van der Waals surface area contributed by atoms with Crippen molar-refractivity contribution in [1.29, 1.82) is 0 Å². The Labute approximate surface area is 145 Å². The molecule has 4 rings (SSSR count). The molecule has 1 aliphatic carbocycles. The topological polar surface area (TPSA) is 91.0 Å². The monoisotopic (exact) mass is 339 g/mol. The average molecular weight is 339 g/mol. The number of likely N-dealkylation sites (tertiary alicyclic amines) is 1. The molecule has 0 aromatic carbocycles. The van der Waals surface area contributed by atoms with Crippen molar-refractivity contribution in [3.63, 3.8) is 0 Å². The van der Waals surface area contributed by atoms with E-state index in [1.165, 1.54) is 0 Å².